The highest BCUT2D eigenvalue weighted by atomic mass is 19.2. The molecule has 20 heavy (non-hydrogen) atoms. The predicted octanol–water partition coefficient (Wildman–Crippen LogP) is 2.93. The zero-order valence-electron chi connectivity index (χ0n) is 11.8. The molecule has 112 valence electrons. The third-order valence-electron chi connectivity index (χ3n) is 3.96. The van der Waals surface area contributed by atoms with Crippen LogP contribution in [0.5, 0.6) is 0 Å². The molecule has 1 saturated heterocycles. The quantitative estimate of drug-likeness (QED) is 0.837. The van der Waals surface area contributed by atoms with Crippen molar-refractivity contribution in [2.45, 2.75) is 26.3 Å². The van der Waals surface area contributed by atoms with Crippen molar-refractivity contribution in [1.82, 2.24) is 10.2 Å². The number of benzene rings is 1. The molecule has 1 aromatic carbocycles. The van der Waals surface area contributed by atoms with Gasteiger partial charge in [-0.25, -0.2) is 13.2 Å². The van der Waals surface area contributed by atoms with E-state index >= 15 is 0 Å². The van der Waals surface area contributed by atoms with Gasteiger partial charge in [-0.3, -0.25) is 0 Å². The van der Waals surface area contributed by atoms with Crippen LogP contribution in [0.3, 0.4) is 0 Å². The molecule has 0 saturated carbocycles. The Morgan fingerprint density at radius 2 is 1.75 bits per heavy atom. The standard InChI is InChI=1S/C15H21F3N2/c1-2-20-5-3-11(4-6-20)9-19-10-12-7-13(16)15(18)14(17)8-12/h7-8,11,19H,2-6,9-10H2,1H3. The van der Waals surface area contributed by atoms with Gasteiger partial charge in [-0.2, -0.15) is 0 Å². The van der Waals surface area contributed by atoms with E-state index in [-0.39, 0.29) is 0 Å². The Hall–Kier alpha value is -1.07. The highest BCUT2D eigenvalue weighted by Crippen LogP contribution is 2.17. The molecule has 5 heteroatoms. The highest BCUT2D eigenvalue weighted by molar-refractivity contribution is 5.19. The second kappa shape index (κ2) is 7.09. The largest absolute Gasteiger partial charge is 0.312 e. The summed E-state index contributed by atoms with van der Waals surface area (Å²) in [5.74, 6) is -3.05. The van der Waals surface area contributed by atoms with Crippen molar-refractivity contribution in [3.05, 3.63) is 35.1 Å². The molecule has 1 N–H and O–H groups in total. The molecule has 0 unspecified atom stereocenters. The topological polar surface area (TPSA) is 15.3 Å². The van der Waals surface area contributed by atoms with Crippen LogP contribution in [-0.4, -0.2) is 31.1 Å². The zero-order valence-corrected chi connectivity index (χ0v) is 11.8. The first kappa shape index (κ1) is 15.3. The van der Waals surface area contributed by atoms with Crippen molar-refractivity contribution in [2.24, 2.45) is 5.92 Å². The third kappa shape index (κ3) is 3.96. The van der Waals surface area contributed by atoms with Crippen molar-refractivity contribution in [3.8, 4) is 0 Å². The number of nitrogens with one attached hydrogen (secondary N) is 1. The van der Waals surface area contributed by atoms with E-state index in [0.717, 1.165) is 51.2 Å². The summed E-state index contributed by atoms with van der Waals surface area (Å²) in [6.45, 7) is 6.68. The molecular weight excluding hydrogens is 265 g/mol. The zero-order chi connectivity index (χ0) is 14.5. The first-order chi connectivity index (χ1) is 9.60. The van der Waals surface area contributed by atoms with Gasteiger partial charge in [0, 0.05) is 6.54 Å². The Kier molecular flexibility index (Phi) is 5.43. The maximum absolute atomic E-state index is 13.1. The van der Waals surface area contributed by atoms with Gasteiger partial charge in [0.2, 0.25) is 0 Å². The lowest BCUT2D eigenvalue weighted by molar-refractivity contribution is 0.190. The average molecular weight is 286 g/mol. The first-order valence-electron chi connectivity index (χ1n) is 7.16. The van der Waals surface area contributed by atoms with E-state index in [9.17, 15) is 13.2 Å². The predicted molar refractivity (Wildman–Crippen MR) is 72.9 cm³/mol. The summed E-state index contributed by atoms with van der Waals surface area (Å²) >= 11 is 0. The minimum Gasteiger partial charge on any atom is -0.312 e. The van der Waals surface area contributed by atoms with E-state index in [0.29, 0.717) is 18.0 Å². The van der Waals surface area contributed by atoms with Crippen LogP contribution in [0.25, 0.3) is 0 Å². The van der Waals surface area contributed by atoms with Gasteiger partial charge >= 0.3 is 0 Å². The Bertz CT molecular complexity index is 420. The molecule has 2 rings (SSSR count). The third-order valence-corrected chi connectivity index (χ3v) is 3.96. The van der Waals surface area contributed by atoms with E-state index < -0.39 is 17.5 Å². The molecule has 1 aliphatic rings. The molecule has 0 atom stereocenters. The normalized spacial score (nSPS) is 17.6. The summed E-state index contributed by atoms with van der Waals surface area (Å²) in [5.41, 5.74) is 0.437. The van der Waals surface area contributed by atoms with Crippen LogP contribution in [-0.2, 0) is 6.54 Å². The molecule has 1 aliphatic heterocycles. The van der Waals surface area contributed by atoms with Gasteiger partial charge in [0.05, 0.1) is 0 Å². The number of hydrogen-bond acceptors (Lipinski definition) is 2. The summed E-state index contributed by atoms with van der Waals surface area (Å²) in [4.78, 5) is 2.42. The minimum absolute atomic E-state index is 0.363. The van der Waals surface area contributed by atoms with Crippen LogP contribution in [0, 0.1) is 23.4 Å². The highest BCUT2D eigenvalue weighted by Gasteiger charge is 2.17. The van der Waals surface area contributed by atoms with Crippen molar-refractivity contribution in [1.29, 1.82) is 0 Å². The van der Waals surface area contributed by atoms with E-state index in [4.69, 9.17) is 0 Å². The fourth-order valence-electron chi connectivity index (χ4n) is 2.64. The Balaban J connectivity index is 1.76. The van der Waals surface area contributed by atoms with Crippen molar-refractivity contribution >= 4 is 0 Å². The molecule has 0 bridgehead atoms. The van der Waals surface area contributed by atoms with Crippen LogP contribution in [0.1, 0.15) is 25.3 Å². The van der Waals surface area contributed by atoms with Gasteiger partial charge in [0.25, 0.3) is 0 Å². The van der Waals surface area contributed by atoms with Crippen molar-refractivity contribution in [2.75, 3.05) is 26.2 Å². The fraction of sp³-hybridized carbons (Fsp3) is 0.600. The number of nitrogens with zero attached hydrogens (tertiary/aromatic N) is 1. The maximum atomic E-state index is 13.1. The molecule has 0 amide bonds. The van der Waals surface area contributed by atoms with E-state index in [2.05, 4.69) is 17.1 Å². The van der Waals surface area contributed by atoms with Crippen LogP contribution < -0.4 is 5.32 Å². The average Bonchev–Trinajstić information content (AvgIpc) is 2.45. The van der Waals surface area contributed by atoms with Crippen LogP contribution in [0.4, 0.5) is 13.2 Å². The summed E-state index contributed by atoms with van der Waals surface area (Å²) in [5, 5.41) is 3.20. The molecule has 2 nitrogen and oxygen atoms in total. The molecule has 1 aromatic rings. The smallest absolute Gasteiger partial charge is 0.194 e. The van der Waals surface area contributed by atoms with Crippen molar-refractivity contribution < 1.29 is 13.2 Å². The Morgan fingerprint density at radius 3 is 2.30 bits per heavy atom. The van der Waals surface area contributed by atoms with Gasteiger partial charge in [-0.1, -0.05) is 6.92 Å². The van der Waals surface area contributed by atoms with Crippen LogP contribution in [0.15, 0.2) is 12.1 Å². The minimum atomic E-state index is -1.40. The van der Waals surface area contributed by atoms with Gasteiger partial charge in [0.1, 0.15) is 0 Å². The second-order valence-electron chi connectivity index (χ2n) is 5.38. The lowest BCUT2D eigenvalue weighted by Gasteiger charge is -2.31. The summed E-state index contributed by atoms with van der Waals surface area (Å²) in [6, 6.07) is 2.09. The monoisotopic (exact) mass is 286 g/mol. The molecular formula is C15H21F3N2. The Labute approximate surface area is 118 Å². The summed E-state index contributed by atoms with van der Waals surface area (Å²) < 4.78 is 38.9. The van der Waals surface area contributed by atoms with E-state index in [1.54, 1.807) is 0 Å². The van der Waals surface area contributed by atoms with E-state index in [1.807, 2.05) is 0 Å². The summed E-state index contributed by atoms with van der Waals surface area (Å²) in [6.07, 6.45) is 2.29. The van der Waals surface area contributed by atoms with Gasteiger partial charge in [0.15, 0.2) is 17.5 Å². The SMILES string of the molecule is CCN1CCC(CNCc2cc(F)c(F)c(F)c2)CC1. The molecule has 1 fully saturated rings. The molecule has 0 aromatic heterocycles. The lowest BCUT2D eigenvalue weighted by Crippen LogP contribution is -2.36. The Morgan fingerprint density at radius 1 is 1.15 bits per heavy atom. The number of halogens is 3. The van der Waals surface area contributed by atoms with Crippen LogP contribution in [0.2, 0.25) is 0 Å². The number of hydrogen-bond donors (Lipinski definition) is 1. The van der Waals surface area contributed by atoms with Crippen LogP contribution >= 0.6 is 0 Å². The first-order valence-corrected chi connectivity index (χ1v) is 7.16. The lowest BCUT2D eigenvalue weighted by atomic mass is 9.97. The molecule has 0 radical (unpaired) electrons. The van der Waals surface area contributed by atoms with Gasteiger partial charge < -0.3 is 10.2 Å². The van der Waals surface area contributed by atoms with Crippen molar-refractivity contribution in [3.63, 3.8) is 0 Å². The van der Waals surface area contributed by atoms with E-state index in [1.165, 1.54) is 0 Å². The van der Waals surface area contributed by atoms with Gasteiger partial charge in [-0.05, 0) is 62.6 Å². The number of rotatable bonds is 5. The number of piperidine rings is 1. The maximum Gasteiger partial charge on any atom is 0.194 e. The second-order valence-corrected chi connectivity index (χ2v) is 5.38. The number of likely N-dealkylation sites (tertiary alicyclic amines) is 1. The molecule has 0 spiro atoms. The molecule has 0 aliphatic carbocycles. The van der Waals surface area contributed by atoms with Gasteiger partial charge in [-0.15, -0.1) is 0 Å². The fourth-order valence-corrected chi connectivity index (χ4v) is 2.64. The molecule has 1 heterocycles. The summed E-state index contributed by atoms with van der Waals surface area (Å²) in [7, 11) is 0.